The Labute approximate surface area is 148 Å². The molecule has 24 heavy (non-hydrogen) atoms. The minimum absolute atomic E-state index is 0.179. The number of nitrogens with zero attached hydrogens (tertiary/aromatic N) is 1. The Hall–Kier alpha value is -0.900. The quantitative estimate of drug-likeness (QED) is 0.425. The van der Waals surface area contributed by atoms with E-state index < -0.39 is 5.67 Å². The van der Waals surface area contributed by atoms with E-state index in [0.29, 0.717) is 24.8 Å². The molecular formula is C20H38FN3. The molecule has 2 N–H and O–H groups in total. The van der Waals surface area contributed by atoms with Crippen molar-refractivity contribution in [3.63, 3.8) is 0 Å². The van der Waals surface area contributed by atoms with Gasteiger partial charge in [0.25, 0.3) is 0 Å². The van der Waals surface area contributed by atoms with E-state index in [9.17, 15) is 4.39 Å². The van der Waals surface area contributed by atoms with E-state index in [1.165, 1.54) is 5.70 Å². The number of allylic oxidation sites excluding steroid dienone is 2. The smallest absolute Gasteiger partial charge is 0.108 e. The monoisotopic (exact) mass is 339 g/mol. The summed E-state index contributed by atoms with van der Waals surface area (Å²) in [5, 5.41) is 7.19. The van der Waals surface area contributed by atoms with E-state index in [4.69, 9.17) is 0 Å². The summed E-state index contributed by atoms with van der Waals surface area (Å²) >= 11 is 0. The highest BCUT2D eigenvalue weighted by atomic mass is 19.1. The SMILES string of the molecule is C=NC(C)C(NCCCN/C(=C\CC)CC)C1CCC(C)(F)CC1. The third-order valence-corrected chi connectivity index (χ3v) is 5.31. The Kier molecular flexibility index (Phi) is 9.57. The van der Waals surface area contributed by atoms with Crippen LogP contribution in [0.2, 0.25) is 0 Å². The molecule has 1 rings (SSSR count). The topological polar surface area (TPSA) is 36.4 Å². The van der Waals surface area contributed by atoms with Gasteiger partial charge in [-0.3, -0.25) is 4.99 Å². The van der Waals surface area contributed by atoms with Crippen molar-refractivity contribution in [2.45, 2.75) is 90.4 Å². The normalized spacial score (nSPS) is 27.5. The lowest BCUT2D eigenvalue weighted by atomic mass is 9.76. The van der Waals surface area contributed by atoms with Gasteiger partial charge in [0.05, 0.1) is 6.04 Å². The summed E-state index contributed by atoms with van der Waals surface area (Å²) in [4.78, 5) is 4.23. The second-order valence-electron chi connectivity index (χ2n) is 7.43. The van der Waals surface area contributed by atoms with E-state index in [1.54, 1.807) is 6.92 Å². The van der Waals surface area contributed by atoms with Crippen LogP contribution in [0, 0.1) is 5.92 Å². The molecule has 1 aliphatic carbocycles. The zero-order valence-corrected chi connectivity index (χ0v) is 16.2. The van der Waals surface area contributed by atoms with Crippen LogP contribution in [0.5, 0.6) is 0 Å². The van der Waals surface area contributed by atoms with Crippen LogP contribution >= 0.6 is 0 Å². The van der Waals surface area contributed by atoms with Gasteiger partial charge in [0.1, 0.15) is 5.67 Å². The molecule has 1 fully saturated rings. The van der Waals surface area contributed by atoms with Gasteiger partial charge >= 0.3 is 0 Å². The van der Waals surface area contributed by atoms with Crippen LogP contribution in [0.4, 0.5) is 4.39 Å². The van der Waals surface area contributed by atoms with E-state index >= 15 is 0 Å². The predicted octanol–water partition coefficient (Wildman–Crippen LogP) is 4.64. The van der Waals surface area contributed by atoms with Crippen LogP contribution in [-0.2, 0) is 0 Å². The van der Waals surface area contributed by atoms with Gasteiger partial charge in [-0.1, -0.05) is 19.9 Å². The number of rotatable bonds is 11. The van der Waals surface area contributed by atoms with Crippen LogP contribution < -0.4 is 10.6 Å². The lowest BCUT2D eigenvalue weighted by molar-refractivity contribution is 0.0871. The van der Waals surface area contributed by atoms with Gasteiger partial charge in [-0.2, -0.15) is 0 Å². The van der Waals surface area contributed by atoms with E-state index in [1.807, 2.05) is 0 Å². The van der Waals surface area contributed by atoms with E-state index in [0.717, 1.165) is 45.2 Å². The van der Waals surface area contributed by atoms with Gasteiger partial charge in [-0.25, -0.2) is 4.39 Å². The van der Waals surface area contributed by atoms with Crippen molar-refractivity contribution >= 4 is 6.72 Å². The van der Waals surface area contributed by atoms with Gasteiger partial charge in [-0.05, 0) is 78.0 Å². The average molecular weight is 340 g/mol. The molecule has 2 unspecified atom stereocenters. The van der Waals surface area contributed by atoms with Crippen LogP contribution in [-0.4, -0.2) is 37.6 Å². The molecule has 2 atom stereocenters. The maximum absolute atomic E-state index is 14.0. The molecule has 0 spiro atoms. The third kappa shape index (κ3) is 7.33. The zero-order valence-electron chi connectivity index (χ0n) is 16.2. The standard InChI is InChI=1S/C20H38FN3/c1-6-9-18(7-2)23-14-8-15-24-19(16(3)22-5)17-10-12-20(4,21)13-11-17/h9,16-17,19,23-24H,5-8,10-15H2,1-4H3/b18-9-. The lowest BCUT2D eigenvalue weighted by Crippen LogP contribution is -2.46. The average Bonchev–Trinajstić information content (AvgIpc) is 2.57. The maximum atomic E-state index is 14.0. The fraction of sp³-hybridized carbons (Fsp3) is 0.850. The van der Waals surface area contributed by atoms with Crippen LogP contribution in [0.15, 0.2) is 16.8 Å². The molecule has 0 heterocycles. The van der Waals surface area contributed by atoms with Gasteiger partial charge < -0.3 is 10.6 Å². The van der Waals surface area contributed by atoms with Crippen molar-refractivity contribution in [2.24, 2.45) is 10.9 Å². The van der Waals surface area contributed by atoms with Gasteiger partial charge in [0.2, 0.25) is 0 Å². The van der Waals surface area contributed by atoms with Crippen molar-refractivity contribution in [1.82, 2.24) is 10.6 Å². The Morgan fingerprint density at radius 2 is 2.00 bits per heavy atom. The minimum atomic E-state index is -0.974. The summed E-state index contributed by atoms with van der Waals surface area (Å²) in [5.41, 5.74) is 0.363. The molecule has 0 aromatic rings. The number of hydrogen-bond acceptors (Lipinski definition) is 3. The van der Waals surface area contributed by atoms with Gasteiger partial charge in [-0.15, -0.1) is 0 Å². The number of aliphatic imine (C=N–C) groups is 1. The number of nitrogens with one attached hydrogen (secondary N) is 2. The highest BCUT2D eigenvalue weighted by Crippen LogP contribution is 2.37. The Morgan fingerprint density at radius 1 is 1.33 bits per heavy atom. The molecule has 0 bridgehead atoms. The molecule has 1 saturated carbocycles. The number of hydrogen-bond donors (Lipinski definition) is 2. The van der Waals surface area contributed by atoms with Gasteiger partial charge in [0.15, 0.2) is 0 Å². The highest BCUT2D eigenvalue weighted by Gasteiger charge is 2.35. The predicted molar refractivity (Wildman–Crippen MR) is 104 cm³/mol. The fourth-order valence-corrected chi connectivity index (χ4v) is 3.64. The number of alkyl halides is 1. The number of halogens is 1. The Balaban J connectivity index is 2.39. The molecule has 0 aliphatic heterocycles. The van der Waals surface area contributed by atoms with E-state index in [2.05, 4.69) is 49.2 Å². The fourth-order valence-electron chi connectivity index (χ4n) is 3.64. The van der Waals surface area contributed by atoms with Crippen molar-refractivity contribution < 1.29 is 4.39 Å². The minimum Gasteiger partial charge on any atom is -0.389 e. The van der Waals surface area contributed by atoms with Crippen molar-refractivity contribution in [1.29, 1.82) is 0 Å². The highest BCUT2D eigenvalue weighted by molar-refractivity contribution is 5.24. The molecule has 1 aliphatic rings. The van der Waals surface area contributed by atoms with Crippen molar-refractivity contribution in [3.8, 4) is 0 Å². The van der Waals surface area contributed by atoms with Crippen LogP contribution in [0.3, 0.4) is 0 Å². The van der Waals surface area contributed by atoms with Crippen LogP contribution in [0.1, 0.15) is 72.6 Å². The first-order valence-electron chi connectivity index (χ1n) is 9.74. The van der Waals surface area contributed by atoms with Crippen LogP contribution in [0.25, 0.3) is 0 Å². The van der Waals surface area contributed by atoms with Gasteiger partial charge in [0, 0.05) is 18.3 Å². The van der Waals surface area contributed by atoms with Crippen molar-refractivity contribution in [2.75, 3.05) is 13.1 Å². The molecule has 0 amide bonds. The molecule has 140 valence electrons. The Bertz CT molecular complexity index is 382. The summed E-state index contributed by atoms with van der Waals surface area (Å²) in [6.07, 6.45) is 8.71. The largest absolute Gasteiger partial charge is 0.389 e. The van der Waals surface area contributed by atoms with E-state index in [-0.39, 0.29) is 6.04 Å². The summed E-state index contributed by atoms with van der Waals surface area (Å²) in [7, 11) is 0. The second-order valence-corrected chi connectivity index (χ2v) is 7.43. The summed E-state index contributed by atoms with van der Waals surface area (Å²) in [6.45, 7) is 13.9. The summed E-state index contributed by atoms with van der Waals surface area (Å²) in [5.74, 6) is 0.508. The summed E-state index contributed by atoms with van der Waals surface area (Å²) in [6, 6.07) is 0.494. The molecule has 0 aromatic heterocycles. The first kappa shape index (κ1) is 21.1. The second kappa shape index (κ2) is 10.9. The Morgan fingerprint density at radius 3 is 2.54 bits per heavy atom. The molecule has 0 aromatic carbocycles. The lowest BCUT2D eigenvalue weighted by Gasteiger charge is -2.37. The third-order valence-electron chi connectivity index (χ3n) is 5.31. The maximum Gasteiger partial charge on any atom is 0.108 e. The molecule has 4 heteroatoms. The molecule has 0 saturated heterocycles. The van der Waals surface area contributed by atoms with Crippen molar-refractivity contribution in [3.05, 3.63) is 11.8 Å². The molecule has 0 radical (unpaired) electrons. The first-order chi connectivity index (χ1) is 11.4. The molecular weight excluding hydrogens is 301 g/mol. The molecule has 3 nitrogen and oxygen atoms in total. The summed E-state index contributed by atoms with van der Waals surface area (Å²) < 4.78 is 14.0. The first-order valence-corrected chi connectivity index (χ1v) is 9.74. The zero-order chi connectivity index (χ0) is 18.0.